The van der Waals surface area contributed by atoms with Crippen molar-refractivity contribution in [2.24, 2.45) is 0 Å². The van der Waals surface area contributed by atoms with Crippen LogP contribution in [0.2, 0.25) is 0 Å². The summed E-state index contributed by atoms with van der Waals surface area (Å²) in [5.41, 5.74) is 3.98. The minimum atomic E-state index is 0.761. The molecule has 1 aliphatic rings. The van der Waals surface area contributed by atoms with Crippen molar-refractivity contribution in [3.8, 4) is 0 Å². The van der Waals surface area contributed by atoms with E-state index in [1.807, 2.05) is 0 Å². The van der Waals surface area contributed by atoms with E-state index < -0.39 is 0 Å². The van der Waals surface area contributed by atoms with E-state index >= 15 is 0 Å². The standard InChI is InChI=1S/C17H21N/c1-2-14-12-16(13-8-4-3-5-9-13)15-10-6-7-11-17(15)18-14/h6-7,10-13H,2-5,8-9H2,1H3. The molecule has 18 heavy (non-hydrogen) atoms. The predicted molar refractivity (Wildman–Crippen MR) is 76.9 cm³/mol. The van der Waals surface area contributed by atoms with Crippen LogP contribution in [-0.4, -0.2) is 4.98 Å². The molecule has 1 aromatic carbocycles. The van der Waals surface area contributed by atoms with Gasteiger partial charge in [0.25, 0.3) is 0 Å². The molecule has 1 aliphatic carbocycles. The zero-order valence-corrected chi connectivity index (χ0v) is 11.2. The van der Waals surface area contributed by atoms with Gasteiger partial charge in [0.2, 0.25) is 0 Å². The fourth-order valence-corrected chi connectivity index (χ4v) is 3.19. The summed E-state index contributed by atoms with van der Waals surface area (Å²) in [6.07, 6.45) is 7.95. The average Bonchev–Trinajstić information content (AvgIpc) is 2.47. The summed E-state index contributed by atoms with van der Waals surface area (Å²) in [5, 5.41) is 1.38. The Hall–Kier alpha value is -1.37. The van der Waals surface area contributed by atoms with Crippen molar-refractivity contribution >= 4 is 10.9 Å². The lowest BCUT2D eigenvalue weighted by atomic mass is 9.82. The van der Waals surface area contributed by atoms with Crippen LogP contribution in [0, 0.1) is 0 Å². The highest BCUT2D eigenvalue weighted by Crippen LogP contribution is 2.36. The van der Waals surface area contributed by atoms with E-state index in [1.54, 1.807) is 5.56 Å². The van der Waals surface area contributed by atoms with Crippen molar-refractivity contribution in [1.29, 1.82) is 0 Å². The Bertz CT molecular complexity index is 538. The lowest BCUT2D eigenvalue weighted by Crippen LogP contribution is -2.06. The van der Waals surface area contributed by atoms with Gasteiger partial charge < -0.3 is 0 Å². The smallest absolute Gasteiger partial charge is 0.0708 e. The first-order valence-electron chi connectivity index (χ1n) is 7.27. The van der Waals surface area contributed by atoms with E-state index in [0.717, 1.165) is 12.3 Å². The molecule has 1 saturated carbocycles. The Balaban J connectivity index is 2.12. The fraction of sp³-hybridized carbons (Fsp3) is 0.471. The van der Waals surface area contributed by atoms with Crippen LogP contribution in [0.25, 0.3) is 10.9 Å². The van der Waals surface area contributed by atoms with Crippen LogP contribution in [0.4, 0.5) is 0 Å². The maximum atomic E-state index is 4.75. The van der Waals surface area contributed by atoms with Gasteiger partial charge in [-0.05, 0) is 42.9 Å². The Morgan fingerprint density at radius 3 is 2.67 bits per heavy atom. The third-order valence-corrected chi connectivity index (χ3v) is 4.21. The first-order chi connectivity index (χ1) is 8.88. The molecular formula is C17H21N. The normalized spacial score (nSPS) is 17.2. The Morgan fingerprint density at radius 2 is 1.89 bits per heavy atom. The first-order valence-corrected chi connectivity index (χ1v) is 7.27. The van der Waals surface area contributed by atoms with Crippen LogP contribution in [-0.2, 0) is 6.42 Å². The largest absolute Gasteiger partial charge is 0.253 e. The molecule has 0 atom stereocenters. The minimum Gasteiger partial charge on any atom is -0.253 e. The summed E-state index contributed by atoms with van der Waals surface area (Å²) < 4.78 is 0. The number of hydrogen-bond donors (Lipinski definition) is 0. The number of nitrogens with zero attached hydrogens (tertiary/aromatic N) is 1. The highest BCUT2D eigenvalue weighted by atomic mass is 14.7. The molecule has 0 radical (unpaired) electrons. The van der Waals surface area contributed by atoms with E-state index in [-0.39, 0.29) is 0 Å². The van der Waals surface area contributed by atoms with Gasteiger partial charge in [0, 0.05) is 11.1 Å². The lowest BCUT2D eigenvalue weighted by molar-refractivity contribution is 0.445. The minimum absolute atomic E-state index is 0.761. The monoisotopic (exact) mass is 239 g/mol. The second-order valence-electron chi connectivity index (χ2n) is 5.41. The first kappa shape index (κ1) is 11.7. The highest BCUT2D eigenvalue weighted by Gasteiger charge is 2.18. The van der Waals surface area contributed by atoms with E-state index in [9.17, 15) is 0 Å². The molecule has 1 fully saturated rings. The number of fused-ring (bicyclic) bond motifs is 1. The van der Waals surface area contributed by atoms with Crippen LogP contribution in [0.1, 0.15) is 56.2 Å². The second kappa shape index (κ2) is 5.09. The number of aryl methyl sites for hydroxylation is 1. The van der Waals surface area contributed by atoms with Crippen molar-refractivity contribution in [2.75, 3.05) is 0 Å². The summed E-state index contributed by atoms with van der Waals surface area (Å²) in [5.74, 6) is 0.761. The average molecular weight is 239 g/mol. The summed E-state index contributed by atoms with van der Waals surface area (Å²) in [6, 6.07) is 11.0. The topological polar surface area (TPSA) is 12.9 Å². The van der Waals surface area contributed by atoms with E-state index in [1.165, 1.54) is 48.7 Å². The number of para-hydroxylation sites is 1. The molecule has 1 nitrogen and oxygen atoms in total. The van der Waals surface area contributed by atoms with E-state index in [2.05, 4.69) is 37.3 Å². The summed E-state index contributed by atoms with van der Waals surface area (Å²) in [7, 11) is 0. The molecule has 1 heteroatoms. The van der Waals surface area contributed by atoms with Gasteiger partial charge in [0.1, 0.15) is 0 Å². The van der Waals surface area contributed by atoms with Crippen LogP contribution in [0.3, 0.4) is 0 Å². The van der Waals surface area contributed by atoms with Gasteiger partial charge in [-0.25, -0.2) is 0 Å². The summed E-state index contributed by atoms with van der Waals surface area (Å²) in [4.78, 5) is 4.75. The molecule has 94 valence electrons. The van der Waals surface area contributed by atoms with Crippen LogP contribution in [0.15, 0.2) is 30.3 Å². The van der Waals surface area contributed by atoms with Crippen molar-refractivity contribution in [3.05, 3.63) is 41.6 Å². The van der Waals surface area contributed by atoms with Gasteiger partial charge in [-0.3, -0.25) is 4.98 Å². The second-order valence-corrected chi connectivity index (χ2v) is 5.41. The molecule has 1 aromatic heterocycles. The number of benzene rings is 1. The zero-order chi connectivity index (χ0) is 12.4. The molecule has 3 rings (SSSR count). The molecule has 0 N–H and O–H groups in total. The molecule has 0 saturated heterocycles. The third kappa shape index (κ3) is 2.14. The number of hydrogen-bond acceptors (Lipinski definition) is 1. The number of aromatic nitrogens is 1. The van der Waals surface area contributed by atoms with Crippen molar-refractivity contribution in [3.63, 3.8) is 0 Å². The maximum absolute atomic E-state index is 4.75. The quantitative estimate of drug-likeness (QED) is 0.730. The highest BCUT2D eigenvalue weighted by molar-refractivity contribution is 5.83. The molecule has 0 spiro atoms. The summed E-state index contributed by atoms with van der Waals surface area (Å²) in [6.45, 7) is 2.20. The maximum Gasteiger partial charge on any atom is 0.0708 e. The van der Waals surface area contributed by atoms with Crippen LogP contribution >= 0.6 is 0 Å². The van der Waals surface area contributed by atoms with Crippen LogP contribution < -0.4 is 0 Å². The van der Waals surface area contributed by atoms with Crippen molar-refractivity contribution in [2.45, 2.75) is 51.4 Å². The Morgan fingerprint density at radius 1 is 1.11 bits per heavy atom. The molecule has 0 bridgehead atoms. The van der Waals surface area contributed by atoms with Gasteiger partial charge >= 0.3 is 0 Å². The molecule has 0 aliphatic heterocycles. The third-order valence-electron chi connectivity index (χ3n) is 4.21. The van der Waals surface area contributed by atoms with E-state index in [4.69, 9.17) is 4.98 Å². The van der Waals surface area contributed by atoms with Gasteiger partial charge in [-0.1, -0.05) is 44.4 Å². The lowest BCUT2D eigenvalue weighted by Gasteiger charge is -2.23. The van der Waals surface area contributed by atoms with E-state index in [0.29, 0.717) is 0 Å². The fourth-order valence-electron chi connectivity index (χ4n) is 3.19. The molecule has 0 unspecified atom stereocenters. The molecular weight excluding hydrogens is 218 g/mol. The van der Waals surface area contributed by atoms with Crippen molar-refractivity contribution < 1.29 is 0 Å². The van der Waals surface area contributed by atoms with Crippen LogP contribution in [0.5, 0.6) is 0 Å². The predicted octanol–water partition coefficient (Wildman–Crippen LogP) is 4.84. The molecule has 2 aromatic rings. The molecule has 0 amide bonds. The summed E-state index contributed by atoms with van der Waals surface area (Å²) >= 11 is 0. The number of rotatable bonds is 2. The zero-order valence-electron chi connectivity index (χ0n) is 11.2. The van der Waals surface area contributed by atoms with Crippen molar-refractivity contribution in [1.82, 2.24) is 4.98 Å². The van der Waals surface area contributed by atoms with Gasteiger partial charge in [0.05, 0.1) is 5.52 Å². The van der Waals surface area contributed by atoms with Gasteiger partial charge in [-0.2, -0.15) is 0 Å². The van der Waals surface area contributed by atoms with Gasteiger partial charge in [-0.15, -0.1) is 0 Å². The Labute approximate surface area is 109 Å². The molecule has 1 heterocycles. The number of pyridine rings is 1. The SMILES string of the molecule is CCc1cc(C2CCCCC2)c2ccccc2n1. The Kier molecular flexibility index (Phi) is 3.31. The van der Waals surface area contributed by atoms with Gasteiger partial charge in [0.15, 0.2) is 0 Å².